The van der Waals surface area contributed by atoms with Gasteiger partial charge in [-0.2, -0.15) is 0 Å². The van der Waals surface area contributed by atoms with Crippen molar-refractivity contribution in [3.05, 3.63) is 34.9 Å². The highest BCUT2D eigenvalue weighted by atomic mass is 35.5. The van der Waals surface area contributed by atoms with Crippen LogP contribution in [0.3, 0.4) is 0 Å². The van der Waals surface area contributed by atoms with Gasteiger partial charge >= 0.3 is 0 Å². The highest BCUT2D eigenvalue weighted by Gasteiger charge is 2.01. The lowest BCUT2D eigenvalue weighted by Crippen LogP contribution is -2.30. The van der Waals surface area contributed by atoms with Gasteiger partial charge in [0.15, 0.2) is 0 Å². The summed E-state index contributed by atoms with van der Waals surface area (Å²) in [4.78, 5) is 11.5. The van der Waals surface area contributed by atoms with Gasteiger partial charge in [0.2, 0.25) is 5.91 Å². The minimum atomic E-state index is 0.115. The van der Waals surface area contributed by atoms with E-state index in [1.54, 1.807) is 0 Å². The number of carbonyl (C=O) groups is 1. The van der Waals surface area contributed by atoms with Gasteiger partial charge in [-0.1, -0.05) is 37.6 Å². The average molecular weight is 283 g/mol. The van der Waals surface area contributed by atoms with Crippen molar-refractivity contribution in [2.45, 2.75) is 26.7 Å². The lowest BCUT2D eigenvalue weighted by Gasteiger charge is -2.08. The summed E-state index contributed by atoms with van der Waals surface area (Å²) < 4.78 is 0. The van der Waals surface area contributed by atoms with Crippen LogP contribution in [-0.2, 0) is 11.2 Å². The number of carbonyl (C=O) groups excluding carboxylic acids is 1. The van der Waals surface area contributed by atoms with Crippen LogP contribution in [0.5, 0.6) is 0 Å². The Bertz CT molecular complexity index is 393. The lowest BCUT2D eigenvalue weighted by atomic mass is 10.1. The van der Waals surface area contributed by atoms with Crippen molar-refractivity contribution in [1.29, 1.82) is 0 Å². The van der Waals surface area contributed by atoms with Crippen LogP contribution in [0, 0.1) is 5.92 Å². The SMILES string of the molecule is CC(C)CNC(=O)CCNCCc1cccc(Cl)c1. The minimum Gasteiger partial charge on any atom is -0.356 e. The molecule has 0 aliphatic rings. The fourth-order valence-corrected chi connectivity index (χ4v) is 1.87. The zero-order chi connectivity index (χ0) is 14.1. The molecule has 0 fully saturated rings. The highest BCUT2D eigenvalue weighted by Crippen LogP contribution is 2.10. The second-order valence-electron chi connectivity index (χ2n) is 5.08. The van der Waals surface area contributed by atoms with Crippen LogP contribution < -0.4 is 10.6 Å². The zero-order valence-electron chi connectivity index (χ0n) is 11.7. The Morgan fingerprint density at radius 3 is 2.79 bits per heavy atom. The molecule has 1 aromatic carbocycles. The predicted octanol–water partition coefficient (Wildman–Crippen LogP) is 2.63. The van der Waals surface area contributed by atoms with Crippen LogP contribution >= 0.6 is 11.6 Å². The van der Waals surface area contributed by atoms with E-state index in [0.717, 1.165) is 24.5 Å². The van der Waals surface area contributed by atoms with Crippen molar-refractivity contribution in [3.63, 3.8) is 0 Å². The Labute approximate surface area is 120 Å². The van der Waals surface area contributed by atoms with Gasteiger partial charge in [0.05, 0.1) is 0 Å². The summed E-state index contributed by atoms with van der Waals surface area (Å²) in [5.41, 5.74) is 1.21. The first-order valence-electron chi connectivity index (χ1n) is 6.80. The third-order valence-electron chi connectivity index (χ3n) is 2.72. The predicted molar refractivity (Wildman–Crippen MR) is 80.5 cm³/mol. The molecule has 0 bridgehead atoms. The number of nitrogens with one attached hydrogen (secondary N) is 2. The maximum atomic E-state index is 11.5. The molecule has 2 N–H and O–H groups in total. The molecule has 106 valence electrons. The molecular weight excluding hydrogens is 260 g/mol. The Morgan fingerprint density at radius 1 is 1.32 bits per heavy atom. The van der Waals surface area contributed by atoms with Gasteiger partial charge in [-0.3, -0.25) is 4.79 Å². The fourth-order valence-electron chi connectivity index (χ4n) is 1.66. The molecule has 0 spiro atoms. The molecule has 1 aromatic rings. The van der Waals surface area contributed by atoms with Crippen LogP contribution in [0.1, 0.15) is 25.8 Å². The van der Waals surface area contributed by atoms with E-state index in [4.69, 9.17) is 11.6 Å². The second-order valence-corrected chi connectivity index (χ2v) is 5.51. The molecule has 0 aromatic heterocycles. The van der Waals surface area contributed by atoms with Crippen LogP contribution in [0.2, 0.25) is 5.02 Å². The van der Waals surface area contributed by atoms with Crippen LogP contribution in [-0.4, -0.2) is 25.5 Å². The Morgan fingerprint density at radius 2 is 2.11 bits per heavy atom. The Kier molecular flexibility index (Phi) is 7.53. The standard InChI is InChI=1S/C15H23ClN2O/c1-12(2)11-18-15(19)7-9-17-8-6-13-4-3-5-14(16)10-13/h3-5,10,12,17H,6-9,11H2,1-2H3,(H,18,19). The molecule has 0 unspecified atom stereocenters. The summed E-state index contributed by atoms with van der Waals surface area (Å²) >= 11 is 5.91. The summed E-state index contributed by atoms with van der Waals surface area (Å²) in [6.07, 6.45) is 1.45. The topological polar surface area (TPSA) is 41.1 Å². The monoisotopic (exact) mass is 282 g/mol. The van der Waals surface area contributed by atoms with Crippen molar-refractivity contribution in [3.8, 4) is 0 Å². The molecule has 3 nitrogen and oxygen atoms in total. The molecule has 0 aliphatic heterocycles. The summed E-state index contributed by atoms with van der Waals surface area (Å²) in [6, 6.07) is 7.86. The van der Waals surface area contributed by atoms with E-state index in [2.05, 4.69) is 30.5 Å². The molecule has 4 heteroatoms. The molecule has 0 heterocycles. The van der Waals surface area contributed by atoms with Gasteiger partial charge in [-0.25, -0.2) is 0 Å². The maximum absolute atomic E-state index is 11.5. The van der Waals surface area contributed by atoms with E-state index in [1.165, 1.54) is 5.56 Å². The minimum absolute atomic E-state index is 0.115. The van der Waals surface area contributed by atoms with E-state index >= 15 is 0 Å². The Hall–Kier alpha value is -1.06. The molecule has 0 saturated carbocycles. The fraction of sp³-hybridized carbons (Fsp3) is 0.533. The van der Waals surface area contributed by atoms with E-state index in [9.17, 15) is 4.79 Å². The van der Waals surface area contributed by atoms with Crippen molar-refractivity contribution in [2.24, 2.45) is 5.92 Å². The van der Waals surface area contributed by atoms with E-state index in [1.807, 2.05) is 18.2 Å². The molecule has 0 radical (unpaired) electrons. The first kappa shape index (κ1) is 16.0. The normalized spacial score (nSPS) is 10.7. The third-order valence-corrected chi connectivity index (χ3v) is 2.95. The second kappa shape index (κ2) is 8.94. The van der Waals surface area contributed by atoms with Gasteiger partial charge in [0.25, 0.3) is 0 Å². The van der Waals surface area contributed by atoms with Crippen molar-refractivity contribution in [2.75, 3.05) is 19.6 Å². The van der Waals surface area contributed by atoms with E-state index in [0.29, 0.717) is 18.9 Å². The third kappa shape index (κ3) is 7.85. The molecule has 0 saturated heterocycles. The average Bonchev–Trinajstić information content (AvgIpc) is 2.36. The summed E-state index contributed by atoms with van der Waals surface area (Å²) in [5, 5.41) is 6.94. The number of rotatable bonds is 8. The van der Waals surface area contributed by atoms with E-state index < -0.39 is 0 Å². The molecule has 19 heavy (non-hydrogen) atoms. The first-order valence-corrected chi connectivity index (χ1v) is 7.17. The van der Waals surface area contributed by atoms with Crippen molar-refractivity contribution < 1.29 is 4.79 Å². The van der Waals surface area contributed by atoms with Crippen LogP contribution in [0.15, 0.2) is 24.3 Å². The number of halogens is 1. The summed E-state index contributed by atoms with van der Waals surface area (Å²) in [7, 11) is 0. The Balaban J connectivity index is 2.06. The van der Waals surface area contributed by atoms with Crippen molar-refractivity contribution in [1.82, 2.24) is 10.6 Å². The molecule has 1 rings (SSSR count). The maximum Gasteiger partial charge on any atom is 0.221 e. The van der Waals surface area contributed by atoms with E-state index in [-0.39, 0.29) is 5.91 Å². The highest BCUT2D eigenvalue weighted by molar-refractivity contribution is 6.30. The number of amides is 1. The molecule has 1 amide bonds. The molecular formula is C15H23ClN2O. The van der Waals surface area contributed by atoms with Crippen molar-refractivity contribution >= 4 is 17.5 Å². The van der Waals surface area contributed by atoms with Gasteiger partial charge in [0, 0.05) is 24.5 Å². The number of hydrogen-bond donors (Lipinski definition) is 2. The molecule has 0 atom stereocenters. The number of hydrogen-bond acceptors (Lipinski definition) is 2. The quantitative estimate of drug-likeness (QED) is 0.720. The van der Waals surface area contributed by atoms with Gasteiger partial charge in [-0.05, 0) is 36.6 Å². The van der Waals surface area contributed by atoms with Gasteiger partial charge in [0.1, 0.15) is 0 Å². The van der Waals surface area contributed by atoms with Crippen LogP contribution in [0.25, 0.3) is 0 Å². The van der Waals surface area contributed by atoms with Gasteiger partial charge < -0.3 is 10.6 Å². The summed E-state index contributed by atoms with van der Waals surface area (Å²) in [6.45, 7) is 6.50. The summed E-state index contributed by atoms with van der Waals surface area (Å²) in [5.74, 6) is 0.615. The molecule has 0 aliphatic carbocycles. The zero-order valence-corrected chi connectivity index (χ0v) is 12.5. The van der Waals surface area contributed by atoms with Gasteiger partial charge in [-0.15, -0.1) is 0 Å². The largest absolute Gasteiger partial charge is 0.356 e. The number of benzene rings is 1. The van der Waals surface area contributed by atoms with Crippen LogP contribution in [0.4, 0.5) is 0 Å². The lowest BCUT2D eigenvalue weighted by molar-refractivity contribution is -0.121. The smallest absolute Gasteiger partial charge is 0.221 e. The first-order chi connectivity index (χ1) is 9.08.